The van der Waals surface area contributed by atoms with E-state index in [4.69, 9.17) is 0 Å². The van der Waals surface area contributed by atoms with Gasteiger partial charge >= 0.3 is 0 Å². The molecule has 1 saturated heterocycles. The summed E-state index contributed by atoms with van der Waals surface area (Å²) in [5.41, 5.74) is 0. The van der Waals surface area contributed by atoms with Gasteiger partial charge in [-0.25, -0.2) is 0 Å². The van der Waals surface area contributed by atoms with E-state index in [9.17, 15) is 0 Å². The molecule has 0 aromatic carbocycles. The molecule has 0 spiro atoms. The summed E-state index contributed by atoms with van der Waals surface area (Å²) in [6.07, 6.45) is 1.42. The Hall–Kier alpha value is -0.0400. The van der Waals surface area contributed by atoms with Gasteiger partial charge in [-0.3, -0.25) is 0 Å². The van der Waals surface area contributed by atoms with Gasteiger partial charge < -0.3 is 4.90 Å². The lowest BCUT2D eigenvalue weighted by atomic mass is 10.2. The monoisotopic (exact) mass is 139 g/mol. The number of piperidine rings is 1. The van der Waals surface area contributed by atoms with Gasteiger partial charge in [-0.1, -0.05) is 20.3 Å². The van der Waals surface area contributed by atoms with Crippen LogP contribution in [0.15, 0.2) is 0 Å². The Labute approximate surface area is 63.4 Å². The van der Waals surface area contributed by atoms with Crippen molar-refractivity contribution in [1.29, 1.82) is 0 Å². The molecular weight excluding hydrogens is 122 g/mol. The maximum absolute atomic E-state index is 2.58. The van der Waals surface area contributed by atoms with Crippen LogP contribution in [0.4, 0.5) is 0 Å². The molecule has 0 amide bonds. The standard InChI is InChI=1S/C9H17N/c1-3-7-8-5-10(4-2)6-9(7)8/h7-9H,3-6H2,1-2H3. The summed E-state index contributed by atoms with van der Waals surface area (Å²) in [6, 6.07) is 0. The summed E-state index contributed by atoms with van der Waals surface area (Å²) in [6.45, 7) is 8.67. The quantitative estimate of drug-likeness (QED) is 0.561. The van der Waals surface area contributed by atoms with E-state index in [0.717, 1.165) is 17.8 Å². The minimum Gasteiger partial charge on any atom is -0.303 e. The van der Waals surface area contributed by atoms with Crippen molar-refractivity contribution in [3.8, 4) is 0 Å². The van der Waals surface area contributed by atoms with Crippen molar-refractivity contribution in [2.75, 3.05) is 19.6 Å². The van der Waals surface area contributed by atoms with E-state index in [0.29, 0.717) is 0 Å². The first kappa shape index (κ1) is 6.66. The zero-order chi connectivity index (χ0) is 7.14. The smallest absolute Gasteiger partial charge is 0.00157 e. The van der Waals surface area contributed by atoms with Gasteiger partial charge in [0.25, 0.3) is 0 Å². The summed E-state index contributed by atoms with van der Waals surface area (Å²) in [5.74, 6) is 3.32. The molecule has 0 radical (unpaired) electrons. The van der Waals surface area contributed by atoms with Crippen LogP contribution >= 0.6 is 0 Å². The fourth-order valence-corrected chi connectivity index (χ4v) is 2.60. The van der Waals surface area contributed by atoms with Gasteiger partial charge in [0.1, 0.15) is 0 Å². The molecule has 0 bridgehead atoms. The Balaban J connectivity index is 1.84. The highest BCUT2D eigenvalue weighted by Gasteiger charge is 2.53. The average Bonchev–Trinajstić information content (AvgIpc) is 2.43. The highest BCUT2D eigenvalue weighted by atomic mass is 15.2. The highest BCUT2D eigenvalue weighted by molar-refractivity contribution is 5.03. The van der Waals surface area contributed by atoms with E-state index >= 15 is 0 Å². The van der Waals surface area contributed by atoms with E-state index in [1.54, 1.807) is 0 Å². The SMILES string of the molecule is CCC1C2CN(CC)CC12. The summed E-state index contributed by atoms with van der Waals surface area (Å²) >= 11 is 0. The van der Waals surface area contributed by atoms with Crippen molar-refractivity contribution < 1.29 is 0 Å². The molecule has 1 aliphatic heterocycles. The van der Waals surface area contributed by atoms with Crippen LogP contribution in [0.3, 0.4) is 0 Å². The normalized spacial score (nSPS) is 45.6. The number of hydrogen-bond acceptors (Lipinski definition) is 1. The minimum atomic E-state index is 1.10. The van der Waals surface area contributed by atoms with E-state index in [1.807, 2.05) is 0 Å². The molecule has 1 nitrogen and oxygen atoms in total. The lowest BCUT2D eigenvalue weighted by Gasteiger charge is -2.15. The second-order valence-electron chi connectivity index (χ2n) is 3.75. The molecule has 2 fully saturated rings. The van der Waals surface area contributed by atoms with Crippen molar-refractivity contribution in [3.05, 3.63) is 0 Å². The van der Waals surface area contributed by atoms with Gasteiger partial charge in [0, 0.05) is 13.1 Å². The van der Waals surface area contributed by atoms with Crippen LogP contribution in [-0.2, 0) is 0 Å². The molecule has 0 aromatic rings. The maximum atomic E-state index is 2.58. The molecule has 1 heteroatoms. The van der Waals surface area contributed by atoms with Crippen LogP contribution in [0.1, 0.15) is 20.3 Å². The van der Waals surface area contributed by atoms with Gasteiger partial charge in [-0.2, -0.15) is 0 Å². The number of hydrogen-bond donors (Lipinski definition) is 0. The molecule has 10 heavy (non-hydrogen) atoms. The highest BCUT2D eigenvalue weighted by Crippen LogP contribution is 2.53. The third-order valence-corrected chi connectivity index (χ3v) is 3.37. The zero-order valence-electron chi connectivity index (χ0n) is 7.01. The van der Waals surface area contributed by atoms with Gasteiger partial charge in [0.2, 0.25) is 0 Å². The predicted molar refractivity (Wildman–Crippen MR) is 42.9 cm³/mol. The van der Waals surface area contributed by atoms with Crippen LogP contribution in [0.25, 0.3) is 0 Å². The molecule has 2 unspecified atom stereocenters. The Morgan fingerprint density at radius 1 is 1.20 bits per heavy atom. The number of likely N-dealkylation sites (tertiary alicyclic amines) is 1. The first-order valence-electron chi connectivity index (χ1n) is 4.59. The lowest BCUT2D eigenvalue weighted by Crippen LogP contribution is -2.23. The molecule has 2 aliphatic rings. The number of nitrogens with zero attached hydrogens (tertiary/aromatic N) is 1. The van der Waals surface area contributed by atoms with Gasteiger partial charge in [-0.05, 0) is 24.3 Å². The first-order valence-corrected chi connectivity index (χ1v) is 4.59. The Morgan fingerprint density at radius 2 is 1.80 bits per heavy atom. The van der Waals surface area contributed by atoms with E-state index in [2.05, 4.69) is 18.7 Å². The Bertz CT molecular complexity index is 119. The fraction of sp³-hybridized carbons (Fsp3) is 1.00. The van der Waals surface area contributed by atoms with Crippen molar-refractivity contribution in [2.24, 2.45) is 17.8 Å². The molecule has 1 heterocycles. The molecule has 58 valence electrons. The summed E-state index contributed by atoms with van der Waals surface area (Å²) in [5, 5.41) is 0. The number of rotatable bonds is 2. The number of fused-ring (bicyclic) bond motifs is 1. The van der Waals surface area contributed by atoms with Gasteiger partial charge in [0.05, 0.1) is 0 Å². The minimum absolute atomic E-state index is 1.10. The molecule has 2 rings (SSSR count). The maximum Gasteiger partial charge on any atom is 0.00157 e. The summed E-state index contributed by atoms with van der Waals surface area (Å²) in [7, 11) is 0. The molecule has 2 atom stereocenters. The van der Waals surface area contributed by atoms with Crippen LogP contribution in [0.5, 0.6) is 0 Å². The van der Waals surface area contributed by atoms with E-state index in [1.165, 1.54) is 26.1 Å². The zero-order valence-corrected chi connectivity index (χ0v) is 7.01. The third kappa shape index (κ3) is 0.800. The average molecular weight is 139 g/mol. The fourth-order valence-electron chi connectivity index (χ4n) is 2.60. The van der Waals surface area contributed by atoms with Crippen molar-refractivity contribution >= 4 is 0 Å². The molecular formula is C9H17N. The van der Waals surface area contributed by atoms with Crippen molar-refractivity contribution in [1.82, 2.24) is 4.90 Å². The predicted octanol–water partition coefficient (Wildman–Crippen LogP) is 1.59. The van der Waals surface area contributed by atoms with Crippen LogP contribution in [0, 0.1) is 17.8 Å². The Kier molecular flexibility index (Phi) is 1.48. The largest absolute Gasteiger partial charge is 0.303 e. The first-order chi connectivity index (χ1) is 4.86. The van der Waals surface area contributed by atoms with Gasteiger partial charge in [-0.15, -0.1) is 0 Å². The molecule has 1 saturated carbocycles. The second-order valence-corrected chi connectivity index (χ2v) is 3.75. The van der Waals surface area contributed by atoms with Crippen LogP contribution in [-0.4, -0.2) is 24.5 Å². The molecule has 0 aromatic heterocycles. The Morgan fingerprint density at radius 3 is 2.20 bits per heavy atom. The lowest BCUT2D eigenvalue weighted by molar-refractivity contribution is 0.298. The van der Waals surface area contributed by atoms with Crippen LogP contribution in [0.2, 0.25) is 0 Å². The molecule has 0 N–H and O–H groups in total. The topological polar surface area (TPSA) is 3.24 Å². The third-order valence-electron chi connectivity index (χ3n) is 3.37. The summed E-state index contributed by atoms with van der Waals surface area (Å²) < 4.78 is 0. The summed E-state index contributed by atoms with van der Waals surface area (Å²) in [4.78, 5) is 2.58. The van der Waals surface area contributed by atoms with Crippen molar-refractivity contribution in [2.45, 2.75) is 20.3 Å². The van der Waals surface area contributed by atoms with E-state index < -0.39 is 0 Å². The van der Waals surface area contributed by atoms with E-state index in [-0.39, 0.29) is 0 Å². The molecule has 1 aliphatic carbocycles. The second kappa shape index (κ2) is 2.23. The van der Waals surface area contributed by atoms with Gasteiger partial charge in [0.15, 0.2) is 0 Å². The van der Waals surface area contributed by atoms with Crippen LogP contribution < -0.4 is 0 Å². The van der Waals surface area contributed by atoms with Crippen molar-refractivity contribution in [3.63, 3.8) is 0 Å².